The van der Waals surface area contributed by atoms with Crippen LogP contribution in [0.5, 0.6) is 0 Å². The predicted molar refractivity (Wildman–Crippen MR) is 151 cm³/mol. The van der Waals surface area contributed by atoms with Gasteiger partial charge in [0.15, 0.2) is 0 Å². The Morgan fingerprint density at radius 1 is 1.12 bits per heavy atom. The predicted octanol–water partition coefficient (Wildman–Crippen LogP) is 7.21. The number of hydrogen-bond acceptors (Lipinski definition) is 6. The third-order valence-electron chi connectivity index (χ3n) is 6.58. The number of benzene rings is 2. The molecule has 4 aromatic rings. The van der Waals surface area contributed by atoms with Crippen molar-refractivity contribution in [1.29, 1.82) is 0 Å². The lowest BCUT2D eigenvalue weighted by Crippen LogP contribution is -2.47. The molecule has 1 aliphatic rings. The molecule has 5 rings (SSSR count). The van der Waals surface area contributed by atoms with Gasteiger partial charge < -0.3 is 19.5 Å². The molecule has 0 radical (unpaired) electrons. The van der Waals surface area contributed by atoms with E-state index in [1.807, 2.05) is 41.0 Å². The Bertz CT molecular complexity index is 1530. The van der Waals surface area contributed by atoms with Crippen molar-refractivity contribution in [2.75, 3.05) is 18.4 Å². The molecule has 40 heavy (non-hydrogen) atoms. The van der Waals surface area contributed by atoms with E-state index in [1.165, 1.54) is 0 Å². The molecule has 1 saturated heterocycles. The van der Waals surface area contributed by atoms with Gasteiger partial charge >= 0.3 is 12.3 Å². The zero-order valence-corrected chi connectivity index (χ0v) is 23.3. The van der Waals surface area contributed by atoms with Crippen LogP contribution in [-0.2, 0) is 10.9 Å². The van der Waals surface area contributed by atoms with Gasteiger partial charge in [-0.05, 0) is 57.9 Å². The number of halogens is 3. The van der Waals surface area contributed by atoms with Gasteiger partial charge in [0.2, 0.25) is 5.95 Å². The number of carbonyl (C=O) groups is 1. The number of hydrogen-bond donors (Lipinski definition) is 2. The van der Waals surface area contributed by atoms with Crippen LogP contribution in [0.15, 0.2) is 65.8 Å². The second-order valence-corrected chi connectivity index (χ2v) is 11.3. The maximum absolute atomic E-state index is 14.2. The first-order valence-electron chi connectivity index (χ1n) is 13.0. The van der Waals surface area contributed by atoms with Crippen molar-refractivity contribution in [2.45, 2.75) is 56.3 Å². The van der Waals surface area contributed by atoms with Gasteiger partial charge in [-0.25, -0.2) is 14.8 Å². The number of alkyl halides is 3. The molecule has 3 heterocycles. The molecule has 1 amide bonds. The van der Waals surface area contributed by atoms with Crippen molar-refractivity contribution < 1.29 is 22.7 Å². The highest BCUT2D eigenvalue weighted by molar-refractivity contribution is 7.80. The molecular formula is C29H30F3N5O2S. The van der Waals surface area contributed by atoms with Gasteiger partial charge in [-0.1, -0.05) is 24.3 Å². The van der Waals surface area contributed by atoms with Crippen LogP contribution in [0.1, 0.15) is 39.2 Å². The summed E-state index contributed by atoms with van der Waals surface area (Å²) in [5, 5.41) is 3.76. The monoisotopic (exact) mass is 569 g/mol. The van der Waals surface area contributed by atoms with Crippen LogP contribution >= 0.6 is 12.6 Å². The van der Waals surface area contributed by atoms with Crippen LogP contribution in [-0.4, -0.2) is 50.3 Å². The number of thiol groups is 1. The largest absolute Gasteiger partial charge is 0.444 e. The molecule has 2 aromatic carbocycles. The molecule has 210 valence electrons. The summed E-state index contributed by atoms with van der Waals surface area (Å²) in [5.74, 6) is 0.0606. The van der Waals surface area contributed by atoms with Gasteiger partial charge in [-0.3, -0.25) is 0 Å². The number of nitrogens with zero attached hydrogens (tertiary/aromatic N) is 4. The van der Waals surface area contributed by atoms with Crippen LogP contribution in [0.25, 0.3) is 27.8 Å². The minimum Gasteiger partial charge on any atom is -0.444 e. The number of fused-ring (bicyclic) bond motifs is 1. The maximum atomic E-state index is 14.2. The second kappa shape index (κ2) is 10.7. The first-order chi connectivity index (χ1) is 18.9. The van der Waals surface area contributed by atoms with Crippen molar-refractivity contribution in [3.05, 3.63) is 66.5 Å². The molecule has 0 aliphatic carbocycles. The Hall–Kier alpha value is -3.73. The number of piperidine rings is 1. The number of aromatic nitrogens is 3. The van der Waals surface area contributed by atoms with Gasteiger partial charge in [0.05, 0.1) is 11.2 Å². The standard InChI is InChI=1S/C29H30F3N5O2S/c1-28(2,3)39-27(38)36-13-7-8-18(16-36)34-26-33-15-23(29(30,31)32)25(35-26)22-17-37(19-9-5-4-6-10-19)24-14-20(40)11-12-21(22)24/h4-6,9-12,14-15,17-18,40H,7-8,13,16H2,1-3H3,(H,33,34,35)/t18-/m0/s1. The van der Waals surface area contributed by atoms with E-state index < -0.39 is 23.4 Å². The number of nitrogens with one attached hydrogen (secondary N) is 1. The van der Waals surface area contributed by atoms with Crippen LogP contribution < -0.4 is 5.32 Å². The van der Waals surface area contributed by atoms with E-state index in [-0.39, 0.29) is 17.7 Å². The van der Waals surface area contributed by atoms with Gasteiger partial charge in [-0.2, -0.15) is 13.2 Å². The summed E-state index contributed by atoms with van der Waals surface area (Å²) in [7, 11) is 0. The maximum Gasteiger partial charge on any atom is 0.419 e. The quantitative estimate of drug-likeness (QED) is 0.254. The van der Waals surface area contributed by atoms with Crippen molar-refractivity contribution in [3.8, 4) is 16.9 Å². The number of anilines is 1. The summed E-state index contributed by atoms with van der Waals surface area (Å²) >= 11 is 4.45. The molecule has 0 unspecified atom stereocenters. The molecule has 11 heteroatoms. The molecule has 1 fully saturated rings. The van der Waals surface area contributed by atoms with Crippen LogP contribution in [0.2, 0.25) is 0 Å². The lowest BCUT2D eigenvalue weighted by Gasteiger charge is -2.34. The number of para-hydroxylation sites is 1. The fraction of sp³-hybridized carbons (Fsp3) is 0.345. The number of rotatable bonds is 4. The average molecular weight is 570 g/mol. The summed E-state index contributed by atoms with van der Waals surface area (Å²) < 4.78 is 50.0. The van der Waals surface area contributed by atoms with Crippen molar-refractivity contribution in [2.24, 2.45) is 0 Å². The fourth-order valence-electron chi connectivity index (χ4n) is 4.84. The molecular weight excluding hydrogens is 539 g/mol. The lowest BCUT2D eigenvalue weighted by atomic mass is 10.1. The molecule has 0 saturated carbocycles. The van der Waals surface area contributed by atoms with E-state index in [2.05, 4.69) is 27.9 Å². The van der Waals surface area contributed by atoms with Gasteiger partial charge in [0.25, 0.3) is 0 Å². The Balaban J connectivity index is 1.53. The van der Waals surface area contributed by atoms with Crippen LogP contribution in [0.3, 0.4) is 0 Å². The molecule has 1 aliphatic heterocycles. The highest BCUT2D eigenvalue weighted by Crippen LogP contribution is 2.40. The molecule has 2 aromatic heterocycles. The summed E-state index contributed by atoms with van der Waals surface area (Å²) in [4.78, 5) is 23.3. The first-order valence-corrected chi connectivity index (χ1v) is 13.4. The molecule has 1 atom stereocenters. The Morgan fingerprint density at radius 2 is 1.88 bits per heavy atom. The smallest absolute Gasteiger partial charge is 0.419 e. The Morgan fingerprint density at radius 3 is 2.58 bits per heavy atom. The summed E-state index contributed by atoms with van der Waals surface area (Å²) in [6, 6.07) is 14.4. The third-order valence-corrected chi connectivity index (χ3v) is 6.86. The minimum absolute atomic E-state index is 0.0606. The lowest BCUT2D eigenvalue weighted by molar-refractivity contribution is -0.137. The second-order valence-electron chi connectivity index (χ2n) is 10.8. The summed E-state index contributed by atoms with van der Waals surface area (Å²) in [6.45, 7) is 6.26. The zero-order valence-electron chi connectivity index (χ0n) is 22.4. The number of carbonyl (C=O) groups excluding carboxylic acids is 1. The minimum atomic E-state index is -4.67. The van der Waals surface area contributed by atoms with Gasteiger partial charge in [0.1, 0.15) is 11.2 Å². The average Bonchev–Trinajstić information content (AvgIpc) is 3.26. The van der Waals surface area contributed by atoms with Crippen LogP contribution in [0.4, 0.5) is 23.9 Å². The molecule has 7 nitrogen and oxygen atoms in total. The highest BCUT2D eigenvalue weighted by Gasteiger charge is 2.37. The first kappa shape index (κ1) is 27.8. The van der Waals surface area contributed by atoms with E-state index >= 15 is 0 Å². The summed E-state index contributed by atoms with van der Waals surface area (Å²) in [5.41, 5.74) is 0.0353. The van der Waals surface area contributed by atoms with Crippen molar-refractivity contribution >= 4 is 35.6 Å². The van der Waals surface area contributed by atoms with E-state index in [9.17, 15) is 18.0 Å². The van der Waals surface area contributed by atoms with Gasteiger partial charge in [-0.15, -0.1) is 12.6 Å². The number of likely N-dealkylation sites (tertiary alicyclic amines) is 1. The van der Waals surface area contributed by atoms with Crippen molar-refractivity contribution in [3.63, 3.8) is 0 Å². The molecule has 0 bridgehead atoms. The van der Waals surface area contributed by atoms with Gasteiger partial charge in [0, 0.05) is 53.1 Å². The van der Waals surface area contributed by atoms with E-state index in [1.54, 1.807) is 44.0 Å². The topological polar surface area (TPSA) is 72.3 Å². The molecule has 0 spiro atoms. The Kier molecular flexibility index (Phi) is 7.43. The normalized spacial score (nSPS) is 16.3. The third kappa shape index (κ3) is 6.04. The number of ether oxygens (including phenoxy) is 1. The fourth-order valence-corrected chi connectivity index (χ4v) is 5.04. The van der Waals surface area contributed by atoms with E-state index in [4.69, 9.17) is 4.74 Å². The Labute approximate surface area is 235 Å². The summed E-state index contributed by atoms with van der Waals surface area (Å²) in [6.07, 6.45) is -1.20. The van der Waals surface area contributed by atoms with Crippen molar-refractivity contribution in [1.82, 2.24) is 19.4 Å². The zero-order chi connectivity index (χ0) is 28.7. The molecule has 1 N–H and O–H groups in total. The van der Waals surface area contributed by atoms with E-state index in [0.717, 1.165) is 11.9 Å². The SMILES string of the molecule is CC(C)(C)OC(=O)N1CCC[C@H](Nc2ncc(C(F)(F)F)c(-c3cn(-c4ccccc4)c4cc(S)ccc34)n2)C1. The number of amides is 1. The highest BCUT2D eigenvalue weighted by atomic mass is 32.1. The van der Waals surface area contributed by atoms with Crippen LogP contribution in [0, 0.1) is 0 Å². The van der Waals surface area contributed by atoms with E-state index in [0.29, 0.717) is 47.3 Å².